The summed E-state index contributed by atoms with van der Waals surface area (Å²) in [7, 11) is -4.04. The fourth-order valence-electron chi connectivity index (χ4n) is 2.79. The average molecular weight is 421 g/mol. The Morgan fingerprint density at radius 1 is 1.21 bits per heavy atom. The molecule has 2 aromatic carbocycles. The third-order valence-electron chi connectivity index (χ3n) is 4.11. The molecule has 3 rings (SSSR count). The van der Waals surface area contributed by atoms with E-state index in [1.165, 1.54) is 29.4 Å². The number of nitro groups is 1. The lowest BCUT2D eigenvalue weighted by Gasteiger charge is -2.26. The quantitative estimate of drug-likeness (QED) is 0.560. The van der Waals surface area contributed by atoms with Crippen LogP contribution in [0.3, 0.4) is 0 Å². The van der Waals surface area contributed by atoms with Gasteiger partial charge in [0.2, 0.25) is 15.9 Å². The minimum Gasteiger partial charge on any atom is -0.456 e. The molecule has 11 heteroatoms. The smallest absolute Gasteiger partial charge is 0.271 e. The summed E-state index contributed by atoms with van der Waals surface area (Å²) in [5.74, 6) is -0.0568. The molecule has 1 aliphatic rings. The Kier molecular flexibility index (Phi) is 6.11. The van der Waals surface area contributed by atoms with Crippen molar-refractivity contribution in [2.24, 2.45) is 0 Å². The Morgan fingerprint density at radius 3 is 2.59 bits per heavy atom. The Balaban J connectivity index is 2.00. The van der Waals surface area contributed by atoms with E-state index < -0.39 is 14.9 Å². The number of nitro benzene ring substituents is 1. The maximum atomic E-state index is 13.1. The lowest BCUT2D eigenvalue weighted by atomic mass is 10.3. The zero-order chi connectivity index (χ0) is 21.0. The number of hydrogen-bond acceptors (Lipinski definition) is 7. The molecular weight excluding hydrogens is 402 g/mol. The summed E-state index contributed by atoms with van der Waals surface area (Å²) in [4.78, 5) is 21.4. The molecule has 0 atom stereocenters. The number of hydrogen-bond donors (Lipinski definition) is 1. The van der Waals surface area contributed by atoms with Crippen molar-refractivity contribution in [3.8, 4) is 11.5 Å². The molecule has 1 aliphatic heterocycles. The highest BCUT2D eigenvalue weighted by atomic mass is 32.2. The summed E-state index contributed by atoms with van der Waals surface area (Å²) in [6.45, 7) is 2.12. The highest BCUT2D eigenvalue weighted by Crippen LogP contribution is 2.34. The van der Waals surface area contributed by atoms with Crippen molar-refractivity contribution in [1.29, 1.82) is 0 Å². The van der Waals surface area contributed by atoms with Gasteiger partial charge in [-0.3, -0.25) is 14.9 Å². The molecule has 0 radical (unpaired) electrons. The standard InChI is InChI=1S/C18H19N3O7S/c1-13(22)19-14-3-2-4-16(11-14)28-17-6-5-15(21(23)24)12-18(17)29(25,26)20-7-9-27-10-8-20/h2-6,11-12H,7-10H2,1H3,(H,19,22). The maximum absolute atomic E-state index is 13.1. The van der Waals surface area contributed by atoms with Crippen LogP contribution in [0.4, 0.5) is 11.4 Å². The lowest BCUT2D eigenvalue weighted by Crippen LogP contribution is -2.40. The van der Waals surface area contributed by atoms with Crippen LogP contribution in [0.2, 0.25) is 0 Å². The van der Waals surface area contributed by atoms with Gasteiger partial charge in [-0.2, -0.15) is 4.31 Å². The molecule has 29 heavy (non-hydrogen) atoms. The third-order valence-corrected chi connectivity index (χ3v) is 6.03. The van der Waals surface area contributed by atoms with Crippen molar-refractivity contribution >= 4 is 27.3 Å². The molecule has 1 saturated heterocycles. The first-order valence-electron chi connectivity index (χ1n) is 8.69. The molecule has 0 saturated carbocycles. The minimum atomic E-state index is -4.04. The normalized spacial score (nSPS) is 14.9. The summed E-state index contributed by atoms with van der Waals surface area (Å²) in [6, 6.07) is 9.78. The first kappa shape index (κ1) is 20.7. The van der Waals surface area contributed by atoms with Gasteiger partial charge in [0.15, 0.2) is 0 Å². The largest absolute Gasteiger partial charge is 0.456 e. The third kappa shape index (κ3) is 4.88. The van der Waals surface area contributed by atoms with Crippen molar-refractivity contribution in [3.05, 3.63) is 52.6 Å². The number of sulfonamides is 1. The lowest BCUT2D eigenvalue weighted by molar-refractivity contribution is -0.385. The van der Waals surface area contributed by atoms with Gasteiger partial charge in [0.1, 0.15) is 16.4 Å². The molecule has 154 valence electrons. The molecule has 1 fully saturated rings. The summed E-state index contributed by atoms with van der Waals surface area (Å²) in [6.07, 6.45) is 0. The number of benzene rings is 2. The Hall–Kier alpha value is -3.02. The predicted molar refractivity (Wildman–Crippen MR) is 103 cm³/mol. The number of morpholine rings is 1. The molecule has 1 N–H and O–H groups in total. The van der Waals surface area contributed by atoms with Crippen LogP contribution in [-0.4, -0.2) is 49.9 Å². The zero-order valence-corrected chi connectivity index (χ0v) is 16.3. The molecule has 1 amide bonds. The second-order valence-corrected chi connectivity index (χ2v) is 8.12. The van der Waals surface area contributed by atoms with Gasteiger partial charge >= 0.3 is 0 Å². The van der Waals surface area contributed by atoms with Gasteiger partial charge in [0.25, 0.3) is 5.69 Å². The molecular formula is C18H19N3O7S. The monoisotopic (exact) mass is 421 g/mol. The Bertz CT molecular complexity index is 1030. The van der Waals surface area contributed by atoms with E-state index in [-0.39, 0.29) is 54.3 Å². The predicted octanol–water partition coefficient (Wildman–Crippen LogP) is 2.37. The number of rotatable bonds is 6. The fourth-order valence-corrected chi connectivity index (χ4v) is 4.33. The molecule has 0 aromatic heterocycles. The minimum absolute atomic E-state index is 0.0536. The maximum Gasteiger partial charge on any atom is 0.271 e. The first-order valence-corrected chi connectivity index (χ1v) is 10.1. The van der Waals surface area contributed by atoms with Crippen LogP contribution in [0, 0.1) is 10.1 Å². The van der Waals surface area contributed by atoms with Crippen molar-refractivity contribution < 1.29 is 27.6 Å². The van der Waals surface area contributed by atoms with Crippen molar-refractivity contribution in [2.75, 3.05) is 31.6 Å². The van der Waals surface area contributed by atoms with E-state index in [1.54, 1.807) is 18.2 Å². The highest BCUT2D eigenvalue weighted by molar-refractivity contribution is 7.89. The van der Waals surface area contributed by atoms with Crippen LogP contribution in [0.15, 0.2) is 47.4 Å². The number of ether oxygens (including phenoxy) is 2. The molecule has 10 nitrogen and oxygen atoms in total. The van der Waals surface area contributed by atoms with E-state index in [0.717, 1.165) is 6.07 Å². The van der Waals surface area contributed by atoms with Gasteiger partial charge in [-0.25, -0.2) is 8.42 Å². The Labute approximate surface area is 167 Å². The average Bonchev–Trinajstić information content (AvgIpc) is 2.68. The number of nitrogens with zero attached hydrogens (tertiary/aromatic N) is 2. The molecule has 0 unspecified atom stereocenters. The van der Waals surface area contributed by atoms with Gasteiger partial charge in [-0.1, -0.05) is 6.07 Å². The van der Waals surface area contributed by atoms with Crippen LogP contribution >= 0.6 is 0 Å². The van der Waals surface area contributed by atoms with Crippen LogP contribution in [0.1, 0.15) is 6.92 Å². The van der Waals surface area contributed by atoms with Crippen LogP contribution in [-0.2, 0) is 19.6 Å². The van der Waals surface area contributed by atoms with Crippen LogP contribution in [0.5, 0.6) is 11.5 Å². The number of nitrogens with one attached hydrogen (secondary N) is 1. The zero-order valence-electron chi connectivity index (χ0n) is 15.5. The van der Waals surface area contributed by atoms with E-state index >= 15 is 0 Å². The van der Waals surface area contributed by atoms with Gasteiger partial charge < -0.3 is 14.8 Å². The van der Waals surface area contributed by atoms with Crippen LogP contribution < -0.4 is 10.1 Å². The second kappa shape index (κ2) is 8.55. The van der Waals surface area contributed by atoms with Gasteiger partial charge in [0.05, 0.1) is 18.1 Å². The summed E-state index contributed by atoms with van der Waals surface area (Å²) < 4.78 is 38.3. The van der Waals surface area contributed by atoms with E-state index in [1.807, 2.05) is 0 Å². The summed E-state index contributed by atoms with van der Waals surface area (Å²) >= 11 is 0. The van der Waals surface area contributed by atoms with E-state index in [4.69, 9.17) is 9.47 Å². The molecule has 0 aliphatic carbocycles. The van der Waals surface area contributed by atoms with E-state index in [2.05, 4.69) is 5.32 Å². The SMILES string of the molecule is CC(=O)Nc1cccc(Oc2ccc([N+](=O)[O-])cc2S(=O)(=O)N2CCOCC2)c1. The summed E-state index contributed by atoms with van der Waals surface area (Å²) in [5.41, 5.74) is 0.102. The van der Waals surface area contributed by atoms with E-state index in [0.29, 0.717) is 5.69 Å². The number of non-ortho nitro benzene ring substituents is 1. The second-order valence-electron chi connectivity index (χ2n) is 6.22. The first-order chi connectivity index (χ1) is 13.8. The topological polar surface area (TPSA) is 128 Å². The number of anilines is 1. The number of amides is 1. The van der Waals surface area contributed by atoms with Crippen LogP contribution in [0.25, 0.3) is 0 Å². The van der Waals surface area contributed by atoms with Gasteiger partial charge in [0, 0.05) is 43.9 Å². The summed E-state index contributed by atoms with van der Waals surface area (Å²) in [5, 5.41) is 13.8. The van der Waals surface area contributed by atoms with Gasteiger partial charge in [-0.05, 0) is 18.2 Å². The van der Waals surface area contributed by atoms with Crippen molar-refractivity contribution in [2.45, 2.75) is 11.8 Å². The fraction of sp³-hybridized carbons (Fsp3) is 0.278. The van der Waals surface area contributed by atoms with Crippen molar-refractivity contribution in [3.63, 3.8) is 0 Å². The molecule has 0 bridgehead atoms. The van der Waals surface area contributed by atoms with Crippen molar-refractivity contribution in [1.82, 2.24) is 4.31 Å². The number of carbonyl (C=O) groups excluding carboxylic acids is 1. The molecule has 0 spiro atoms. The molecule has 2 aromatic rings. The highest BCUT2D eigenvalue weighted by Gasteiger charge is 2.31. The molecule has 1 heterocycles. The van der Waals surface area contributed by atoms with E-state index in [9.17, 15) is 23.3 Å². The van der Waals surface area contributed by atoms with Gasteiger partial charge in [-0.15, -0.1) is 0 Å². The number of carbonyl (C=O) groups is 1. The Morgan fingerprint density at radius 2 is 1.93 bits per heavy atom.